The van der Waals surface area contributed by atoms with Gasteiger partial charge in [0.2, 0.25) is 0 Å². The Morgan fingerprint density at radius 1 is 1.07 bits per heavy atom. The van der Waals surface area contributed by atoms with Gasteiger partial charge in [0.15, 0.2) is 0 Å². The summed E-state index contributed by atoms with van der Waals surface area (Å²) >= 11 is 1.28. The van der Waals surface area contributed by atoms with Crippen molar-refractivity contribution in [1.29, 1.82) is 0 Å². The summed E-state index contributed by atoms with van der Waals surface area (Å²) in [6.07, 6.45) is 2.14. The average Bonchev–Trinajstić information content (AvgIpc) is 2.66. The highest BCUT2D eigenvalue weighted by molar-refractivity contribution is 7.12. The van der Waals surface area contributed by atoms with Crippen molar-refractivity contribution in [3.8, 4) is 0 Å². The van der Waals surface area contributed by atoms with Crippen molar-refractivity contribution in [1.82, 2.24) is 0 Å². The largest absolute Gasteiger partial charge is 0.272 e. The molecule has 0 atom stereocenters. The number of thiophene rings is 1. The molecule has 0 radical (unpaired) electrons. The summed E-state index contributed by atoms with van der Waals surface area (Å²) in [5.41, 5.74) is 0. The van der Waals surface area contributed by atoms with Crippen LogP contribution in [0.5, 0.6) is 0 Å². The van der Waals surface area contributed by atoms with Crippen LogP contribution in [0.2, 0.25) is 0 Å². The van der Waals surface area contributed by atoms with Crippen LogP contribution in [0.1, 0.15) is 61.6 Å². The van der Waals surface area contributed by atoms with Crippen LogP contribution in [0.3, 0.4) is 0 Å². The van der Waals surface area contributed by atoms with Gasteiger partial charge in [-0.1, -0.05) is 26.7 Å². The Balaban J connectivity index is 2.72. The van der Waals surface area contributed by atoms with Crippen LogP contribution < -0.4 is 0 Å². The lowest BCUT2D eigenvalue weighted by atomic mass is 9.97. The average molecular weight is 232 g/mol. The number of rotatable bonds is 6. The van der Waals surface area contributed by atoms with Gasteiger partial charge in [0.1, 0.15) is 0 Å². The van der Waals surface area contributed by atoms with Crippen LogP contribution in [0, 0.1) is 0 Å². The second kappa shape index (κ2) is 6.21. The van der Waals surface area contributed by atoms with Gasteiger partial charge in [0.25, 0.3) is 6.43 Å². The van der Waals surface area contributed by atoms with E-state index in [1.807, 2.05) is 6.07 Å². The molecule has 86 valence electrons. The fourth-order valence-electron chi connectivity index (χ4n) is 1.83. The molecule has 0 N–H and O–H groups in total. The highest BCUT2D eigenvalue weighted by Crippen LogP contribution is 2.35. The lowest BCUT2D eigenvalue weighted by molar-refractivity contribution is 0.155. The topological polar surface area (TPSA) is 0 Å². The molecule has 0 bridgehead atoms. The Morgan fingerprint density at radius 3 is 2.00 bits per heavy atom. The van der Waals surface area contributed by atoms with Crippen LogP contribution in [0.15, 0.2) is 12.1 Å². The first-order valence-corrected chi connectivity index (χ1v) is 6.38. The van der Waals surface area contributed by atoms with E-state index in [1.165, 1.54) is 11.3 Å². The van der Waals surface area contributed by atoms with Gasteiger partial charge < -0.3 is 0 Å². The van der Waals surface area contributed by atoms with Crippen molar-refractivity contribution in [3.63, 3.8) is 0 Å². The van der Waals surface area contributed by atoms with Gasteiger partial charge in [0.05, 0.1) is 4.88 Å². The monoisotopic (exact) mass is 232 g/mol. The lowest BCUT2D eigenvalue weighted by Gasteiger charge is -2.12. The van der Waals surface area contributed by atoms with E-state index in [1.54, 1.807) is 6.07 Å². The second-order valence-corrected chi connectivity index (χ2v) is 4.96. The first kappa shape index (κ1) is 12.6. The van der Waals surface area contributed by atoms with Gasteiger partial charge in [0, 0.05) is 4.88 Å². The fourth-order valence-corrected chi connectivity index (χ4v) is 2.87. The quantitative estimate of drug-likeness (QED) is 0.618. The first-order valence-electron chi connectivity index (χ1n) is 5.56. The summed E-state index contributed by atoms with van der Waals surface area (Å²) in [6, 6.07) is 3.45. The van der Waals surface area contributed by atoms with E-state index in [9.17, 15) is 8.78 Å². The molecule has 1 rings (SSSR count). The Labute approximate surface area is 94.3 Å². The van der Waals surface area contributed by atoms with Crippen LogP contribution in [0.4, 0.5) is 8.78 Å². The van der Waals surface area contributed by atoms with Crippen LogP contribution in [0.25, 0.3) is 0 Å². The molecule has 0 fully saturated rings. The molecule has 0 unspecified atom stereocenters. The fraction of sp³-hybridized carbons (Fsp3) is 0.667. The molecule has 0 saturated heterocycles. The zero-order valence-corrected chi connectivity index (χ0v) is 10.1. The van der Waals surface area contributed by atoms with E-state index >= 15 is 0 Å². The van der Waals surface area contributed by atoms with Crippen LogP contribution >= 0.6 is 11.3 Å². The van der Waals surface area contributed by atoms with Gasteiger partial charge in [-0.05, 0) is 30.9 Å². The third-order valence-electron chi connectivity index (χ3n) is 2.54. The molecule has 0 aromatic carbocycles. The molecule has 0 aliphatic heterocycles. The number of alkyl halides is 2. The van der Waals surface area contributed by atoms with Gasteiger partial charge in [-0.15, -0.1) is 11.3 Å². The predicted molar refractivity (Wildman–Crippen MR) is 61.8 cm³/mol. The van der Waals surface area contributed by atoms with E-state index in [-0.39, 0.29) is 4.88 Å². The lowest BCUT2D eigenvalue weighted by Crippen LogP contribution is -1.94. The molecule has 0 spiro atoms. The van der Waals surface area contributed by atoms with Gasteiger partial charge in [-0.3, -0.25) is 0 Å². The Morgan fingerprint density at radius 2 is 1.60 bits per heavy atom. The molecule has 1 aromatic rings. The van der Waals surface area contributed by atoms with Gasteiger partial charge >= 0.3 is 0 Å². The standard InChI is InChI=1S/C12H18F2S/c1-3-5-9(6-4-2)10-7-8-11(15-10)12(13)14/h7-9,12H,3-6H2,1-2H3. The third kappa shape index (κ3) is 3.56. The molecular weight excluding hydrogens is 214 g/mol. The molecule has 0 amide bonds. The number of halogens is 2. The maximum atomic E-state index is 12.4. The van der Waals surface area contributed by atoms with E-state index in [0.717, 1.165) is 30.6 Å². The number of hydrogen-bond acceptors (Lipinski definition) is 1. The van der Waals surface area contributed by atoms with Crippen molar-refractivity contribution in [2.24, 2.45) is 0 Å². The van der Waals surface area contributed by atoms with Gasteiger partial charge in [-0.2, -0.15) is 0 Å². The maximum absolute atomic E-state index is 12.4. The predicted octanol–water partition coefficient (Wildman–Crippen LogP) is 5.37. The zero-order valence-electron chi connectivity index (χ0n) is 9.30. The number of hydrogen-bond donors (Lipinski definition) is 0. The summed E-state index contributed by atoms with van der Waals surface area (Å²) in [5, 5.41) is 0. The van der Waals surface area contributed by atoms with E-state index in [2.05, 4.69) is 13.8 Å². The summed E-state index contributed by atoms with van der Waals surface area (Å²) < 4.78 is 24.9. The van der Waals surface area contributed by atoms with Crippen molar-refractivity contribution < 1.29 is 8.78 Å². The maximum Gasteiger partial charge on any atom is 0.272 e. The SMILES string of the molecule is CCCC(CCC)c1ccc(C(F)F)s1. The summed E-state index contributed by atoms with van der Waals surface area (Å²) in [7, 11) is 0. The second-order valence-electron chi connectivity index (χ2n) is 3.82. The van der Waals surface area contributed by atoms with E-state index in [4.69, 9.17) is 0 Å². The highest BCUT2D eigenvalue weighted by atomic mass is 32.1. The first-order chi connectivity index (χ1) is 7.19. The molecule has 3 heteroatoms. The molecule has 1 aromatic heterocycles. The van der Waals surface area contributed by atoms with Crippen LogP contribution in [-0.2, 0) is 0 Å². The van der Waals surface area contributed by atoms with Crippen molar-refractivity contribution >= 4 is 11.3 Å². The van der Waals surface area contributed by atoms with E-state index in [0.29, 0.717) is 5.92 Å². The molecule has 0 saturated carbocycles. The molecular formula is C12H18F2S. The smallest absolute Gasteiger partial charge is 0.204 e. The molecule has 15 heavy (non-hydrogen) atoms. The molecule has 0 aliphatic carbocycles. The minimum atomic E-state index is -2.31. The zero-order chi connectivity index (χ0) is 11.3. The van der Waals surface area contributed by atoms with Crippen molar-refractivity contribution in [2.75, 3.05) is 0 Å². The Bertz CT molecular complexity index is 275. The minimum absolute atomic E-state index is 0.210. The third-order valence-corrected chi connectivity index (χ3v) is 3.79. The van der Waals surface area contributed by atoms with Crippen molar-refractivity contribution in [2.45, 2.75) is 51.9 Å². The Hall–Kier alpha value is -0.440. The molecule has 0 aliphatic rings. The highest BCUT2D eigenvalue weighted by Gasteiger charge is 2.15. The van der Waals surface area contributed by atoms with Gasteiger partial charge in [-0.25, -0.2) is 8.78 Å². The summed E-state index contributed by atoms with van der Waals surface area (Å²) in [5.74, 6) is 0.484. The Kier molecular flexibility index (Phi) is 5.23. The van der Waals surface area contributed by atoms with Crippen molar-refractivity contribution in [3.05, 3.63) is 21.9 Å². The summed E-state index contributed by atoms with van der Waals surface area (Å²) in [6.45, 7) is 4.29. The summed E-state index contributed by atoms with van der Waals surface area (Å²) in [4.78, 5) is 1.34. The minimum Gasteiger partial charge on any atom is -0.204 e. The molecule has 0 nitrogen and oxygen atoms in total. The normalized spacial score (nSPS) is 11.6. The van der Waals surface area contributed by atoms with E-state index < -0.39 is 6.43 Å². The molecule has 1 heterocycles. The van der Waals surface area contributed by atoms with Crippen LogP contribution in [-0.4, -0.2) is 0 Å².